The Morgan fingerprint density at radius 2 is 1.89 bits per heavy atom. The fraction of sp³-hybridized carbons (Fsp3) is 0.500. The lowest BCUT2D eigenvalue weighted by molar-refractivity contribution is 0.506. The summed E-state index contributed by atoms with van der Waals surface area (Å²) in [6.07, 6.45) is 1.32. The maximum absolute atomic E-state index is 12.9. The van der Waals surface area contributed by atoms with E-state index in [9.17, 15) is 17.2 Å². The smallest absolute Gasteiger partial charge is 0.211 e. The molecule has 0 heterocycles. The Hall–Kier alpha value is -1.05. The van der Waals surface area contributed by atoms with Gasteiger partial charge in [-0.15, -0.1) is 0 Å². The number of hydrogen-bond acceptors (Lipinski definition) is 3. The molecule has 0 aromatic heterocycles. The van der Waals surface area contributed by atoms with Crippen LogP contribution in [-0.2, 0) is 16.6 Å². The summed E-state index contributed by atoms with van der Waals surface area (Å²) in [6, 6.07) is 3.31. The van der Waals surface area contributed by atoms with Crippen LogP contribution in [0, 0.1) is 11.6 Å². The number of rotatable bonds is 8. The van der Waals surface area contributed by atoms with Crippen LogP contribution in [0.4, 0.5) is 8.78 Å². The predicted octanol–water partition coefficient (Wildman–Crippen LogP) is 1.38. The van der Waals surface area contributed by atoms with Crippen LogP contribution >= 0.6 is 0 Å². The van der Waals surface area contributed by atoms with Crippen molar-refractivity contribution < 1.29 is 17.2 Å². The molecular formula is C12H18F2N2O2S. The number of hydrogen-bond donors (Lipinski definition) is 2. The highest BCUT2D eigenvalue weighted by molar-refractivity contribution is 7.89. The molecule has 4 nitrogen and oxygen atoms in total. The highest BCUT2D eigenvalue weighted by Crippen LogP contribution is 2.08. The monoisotopic (exact) mass is 292 g/mol. The second-order valence-electron chi connectivity index (χ2n) is 4.20. The fourth-order valence-corrected chi connectivity index (χ4v) is 2.62. The molecule has 1 aromatic rings. The molecule has 19 heavy (non-hydrogen) atoms. The van der Waals surface area contributed by atoms with E-state index in [0.717, 1.165) is 25.1 Å². The molecule has 7 heteroatoms. The van der Waals surface area contributed by atoms with Crippen LogP contribution in [0.3, 0.4) is 0 Å². The van der Waals surface area contributed by atoms with Crippen LogP contribution in [-0.4, -0.2) is 27.8 Å². The van der Waals surface area contributed by atoms with Crippen LogP contribution in [0.1, 0.15) is 18.4 Å². The third-order valence-electron chi connectivity index (χ3n) is 2.57. The first kappa shape index (κ1) is 16.0. The molecule has 108 valence electrons. The van der Waals surface area contributed by atoms with Crippen molar-refractivity contribution in [2.75, 3.05) is 19.3 Å². The molecule has 0 bridgehead atoms. The van der Waals surface area contributed by atoms with Gasteiger partial charge in [-0.05, 0) is 44.1 Å². The molecular weight excluding hydrogens is 274 g/mol. The zero-order valence-corrected chi connectivity index (χ0v) is 11.6. The second-order valence-corrected chi connectivity index (χ2v) is 6.13. The van der Waals surface area contributed by atoms with Gasteiger partial charge in [0.2, 0.25) is 10.0 Å². The molecule has 0 aliphatic rings. The van der Waals surface area contributed by atoms with Crippen molar-refractivity contribution in [3.63, 3.8) is 0 Å². The van der Waals surface area contributed by atoms with Gasteiger partial charge >= 0.3 is 0 Å². The highest BCUT2D eigenvalue weighted by atomic mass is 32.2. The average Bonchev–Trinajstić information content (AvgIpc) is 2.36. The number of nitrogens with one attached hydrogen (secondary N) is 2. The summed E-state index contributed by atoms with van der Waals surface area (Å²) in [5.74, 6) is -1.90. The molecule has 0 aliphatic carbocycles. The third-order valence-corrected chi connectivity index (χ3v) is 3.98. The summed E-state index contributed by atoms with van der Waals surface area (Å²) in [5, 5.41) is 2.93. The van der Waals surface area contributed by atoms with Gasteiger partial charge in [0.05, 0.1) is 5.75 Å². The molecule has 0 saturated carbocycles. The lowest BCUT2D eigenvalue weighted by Gasteiger charge is -2.07. The molecule has 1 aromatic carbocycles. The van der Waals surface area contributed by atoms with E-state index >= 15 is 0 Å². The molecule has 2 N–H and O–H groups in total. The van der Waals surface area contributed by atoms with Crippen molar-refractivity contribution in [1.29, 1.82) is 0 Å². The Kier molecular flexibility index (Phi) is 6.33. The minimum atomic E-state index is -3.38. The normalized spacial score (nSPS) is 11.7. The van der Waals surface area contributed by atoms with E-state index in [2.05, 4.69) is 10.0 Å². The molecule has 0 aliphatic heterocycles. The van der Waals surface area contributed by atoms with Gasteiger partial charge < -0.3 is 5.32 Å². The summed E-state index contributed by atoms with van der Waals surface area (Å²) in [5.41, 5.74) is 0.387. The zero-order valence-electron chi connectivity index (χ0n) is 10.7. The molecule has 0 unspecified atom stereocenters. The van der Waals surface area contributed by atoms with Gasteiger partial charge in [0, 0.05) is 6.54 Å². The molecule has 0 radical (unpaired) electrons. The van der Waals surface area contributed by atoms with E-state index in [1.165, 1.54) is 6.07 Å². The molecule has 0 spiro atoms. The summed E-state index contributed by atoms with van der Waals surface area (Å²) in [7, 11) is -1.58. The van der Waals surface area contributed by atoms with Gasteiger partial charge in [-0.1, -0.05) is 6.07 Å². The zero-order chi connectivity index (χ0) is 14.3. The molecule has 0 amide bonds. The summed E-state index contributed by atoms with van der Waals surface area (Å²) < 4.78 is 51.2. The Morgan fingerprint density at radius 3 is 2.53 bits per heavy atom. The van der Waals surface area contributed by atoms with E-state index in [4.69, 9.17) is 0 Å². The molecule has 0 fully saturated rings. The van der Waals surface area contributed by atoms with E-state index < -0.39 is 21.7 Å². The highest BCUT2D eigenvalue weighted by Gasteiger charge is 2.10. The Bertz CT molecular complexity index is 506. The van der Waals surface area contributed by atoms with Gasteiger partial charge in [-0.2, -0.15) is 0 Å². The Labute approximate surface area is 112 Å². The quantitative estimate of drug-likeness (QED) is 0.712. The summed E-state index contributed by atoms with van der Waals surface area (Å²) in [6.45, 7) is 0.726. The predicted molar refractivity (Wildman–Crippen MR) is 70.1 cm³/mol. The minimum absolute atomic E-state index is 0.0261. The van der Waals surface area contributed by atoms with Crippen molar-refractivity contribution in [2.45, 2.75) is 19.4 Å². The van der Waals surface area contributed by atoms with Crippen LogP contribution in [0.15, 0.2) is 18.2 Å². The largest absolute Gasteiger partial charge is 0.320 e. The number of halogens is 2. The first-order chi connectivity index (χ1) is 8.94. The number of benzene rings is 1. The van der Waals surface area contributed by atoms with Gasteiger partial charge in [0.25, 0.3) is 0 Å². The van der Waals surface area contributed by atoms with E-state index in [0.29, 0.717) is 12.0 Å². The van der Waals surface area contributed by atoms with Gasteiger partial charge in [0.1, 0.15) is 0 Å². The standard InChI is InChI=1S/C12H18F2N2O2S/c1-15-6-2-3-7-19(17,18)16-9-10-4-5-11(13)12(14)8-10/h4-5,8,15-16H,2-3,6-7,9H2,1H3. The van der Waals surface area contributed by atoms with Crippen molar-refractivity contribution in [2.24, 2.45) is 0 Å². The minimum Gasteiger partial charge on any atom is -0.320 e. The maximum atomic E-state index is 12.9. The van der Waals surface area contributed by atoms with Crippen molar-refractivity contribution in [3.8, 4) is 0 Å². The van der Waals surface area contributed by atoms with Gasteiger partial charge in [0.15, 0.2) is 11.6 Å². The average molecular weight is 292 g/mol. The van der Waals surface area contributed by atoms with Crippen LogP contribution in [0.25, 0.3) is 0 Å². The molecule has 1 rings (SSSR count). The van der Waals surface area contributed by atoms with E-state index in [1.54, 1.807) is 7.05 Å². The number of unbranched alkanes of at least 4 members (excludes halogenated alkanes) is 1. The maximum Gasteiger partial charge on any atom is 0.211 e. The van der Waals surface area contributed by atoms with Crippen LogP contribution in [0.2, 0.25) is 0 Å². The third kappa shape index (κ3) is 6.09. The van der Waals surface area contributed by atoms with Crippen molar-refractivity contribution >= 4 is 10.0 Å². The number of sulfonamides is 1. The Balaban J connectivity index is 2.43. The topological polar surface area (TPSA) is 58.2 Å². The fourth-order valence-electron chi connectivity index (χ4n) is 1.51. The SMILES string of the molecule is CNCCCCS(=O)(=O)NCc1ccc(F)c(F)c1. The second kappa shape index (κ2) is 7.52. The summed E-state index contributed by atoms with van der Waals surface area (Å²) in [4.78, 5) is 0. The van der Waals surface area contributed by atoms with Gasteiger partial charge in [-0.25, -0.2) is 21.9 Å². The summed E-state index contributed by atoms with van der Waals surface area (Å²) >= 11 is 0. The van der Waals surface area contributed by atoms with E-state index in [1.807, 2.05) is 0 Å². The van der Waals surface area contributed by atoms with Crippen LogP contribution < -0.4 is 10.0 Å². The Morgan fingerprint density at radius 1 is 1.16 bits per heavy atom. The first-order valence-electron chi connectivity index (χ1n) is 6.00. The van der Waals surface area contributed by atoms with Crippen molar-refractivity contribution in [1.82, 2.24) is 10.0 Å². The lowest BCUT2D eigenvalue weighted by Crippen LogP contribution is -2.26. The van der Waals surface area contributed by atoms with Gasteiger partial charge in [-0.3, -0.25) is 0 Å². The van der Waals surface area contributed by atoms with Crippen LogP contribution in [0.5, 0.6) is 0 Å². The first-order valence-corrected chi connectivity index (χ1v) is 7.66. The van der Waals surface area contributed by atoms with E-state index in [-0.39, 0.29) is 12.3 Å². The molecule has 0 saturated heterocycles. The van der Waals surface area contributed by atoms with Crippen molar-refractivity contribution in [3.05, 3.63) is 35.4 Å². The lowest BCUT2D eigenvalue weighted by atomic mass is 10.2. The molecule has 0 atom stereocenters.